The van der Waals surface area contributed by atoms with Crippen molar-refractivity contribution in [3.63, 3.8) is 0 Å². The Morgan fingerprint density at radius 2 is 1.90 bits per heavy atom. The molecule has 1 aromatic heterocycles. The summed E-state index contributed by atoms with van der Waals surface area (Å²) in [5.74, 6) is -4.40. The third kappa shape index (κ3) is 3.03. The number of anilines is 1. The molecule has 0 aliphatic rings. The fraction of sp³-hybridized carbons (Fsp3) is 0.0769. The highest BCUT2D eigenvalue weighted by atomic mass is 35.5. The smallest absolute Gasteiger partial charge is 0.348 e. The Labute approximate surface area is 127 Å². The van der Waals surface area contributed by atoms with Gasteiger partial charge in [-0.2, -0.15) is 0 Å². The van der Waals surface area contributed by atoms with Crippen LogP contribution in [-0.2, 0) is 0 Å². The maximum Gasteiger partial charge on any atom is 0.348 e. The van der Waals surface area contributed by atoms with Crippen LogP contribution in [0.2, 0.25) is 5.02 Å². The molecule has 110 valence electrons. The summed E-state index contributed by atoms with van der Waals surface area (Å²) in [5.41, 5.74) is 0.375. The number of carboxylic acid groups (broad SMARTS) is 1. The van der Waals surface area contributed by atoms with Gasteiger partial charge in [-0.3, -0.25) is 4.79 Å². The molecule has 21 heavy (non-hydrogen) atoms. The molecule has 4 nitrogen and oxygen atoms in total. The summed E-state index contributed by atoms with van der Waals surface area (Å²) >= 11 is 6.65. The Bertz CT molecular complexity index is 745. The molecule has 2 N–H and O–H groups in total. The van der Waals surface area contributed by atoms with Gasteiger partial charge in [-0.05, 0) is 30.0 Å². The Balaban J connectivity index is 2.37. The predicted molar refractivity (Wildman–Crippen MR) is 75.3 cm³/mol. The predicted octanol–water partition coefficient (Wildman–Crippen LogP) is 3.94. The van der Waals surface area contributed by atoms with E-state index in [4.69, 9.17) is 16.7 Å². The number of hydrogen-bond acceptors (Lipinski definition) is 3. The molecule has 0 radical (unpaired) electrons. The van der Waals surface area contributed by atoms with Gasteiger partial charge in [-0.1, -0.05) is 11.6 Å². The molecule has 0 aliphatic carbocycles. The zero-order chi connectivity index (χ0) is 15.7. The third-order valence-corrected chi connectivity index (χ3v) is 4.06. The first-order chi connectivity index (χ1) is 9.81. The number of amides is 1. The van der Waals surface area contributed by atoms with Crippen molar-refractivity contribution in [2.75, 3.05) is 5.32 Å². The highest BCUT2D eigenvalue weighted by molar-refractivity contribution is 7.12. The van der Waals surface area contributed by atoms with Crippen molar-refractivity contribution in [1.82, 2.24) is 0 Å². The van der Waals surface area contributed by atoms with Crippen LogP contribution in [0.3, 0.4) is 0 Å². The first kappa shape index (κ1) is 15.4. The minimum absolute atomic E-state index is 0.0560. The zero-order valence-corrected chi connectivity index (χ0v) is 12.1. The fourth-order valence-electron chi connectivity index (χ4n) is 1.63. The van der Waals surface area contributed by atoms with Crippen molar-refractivity contribution in [2.45, 2.75) is 6.92 Å². The summed E-state index contributed by atoms with van der Waals surface area (Å²) in [5, 5.41) is 12.7. The number of nitrogens with one attached hydrogen (secondary N) is 1. The molecule has 1 amide bonds. The largest absolute Gasteiger partial charge is 0.477 e. The standard InChI is InChI=1S/C13H8ClF2NO3S/c1-5-4-21-11(13(19)20)10(5)17-12(18)6-2-8(15)9(16)3-7(6)14/h2-4H,1H3,(H,17,18)(H,19,20). The van der Waals surface area contributed by atoms with Gasteiger partial charge < -0.3 is 10.4 Å². The highest BCUT2D eigenvalue weighted by Crippen LogP contribution is 2.29. The Morgan fingerprint density at radius 1 is 1.29 bits per heavy atom. The van der Waals surface area contributed by atoms with Crippen LogP contribution in [0.5, 0.6) is 0 Å². The minimum atomic E-state index is -1.22. The molecule has 0 saturated carbocycles. The van der Waals surface area contributed by atoms with Crippen LogP contribution in [0.15, 0.2) is 17.5 Å². The van der Waals surface area contributed by atoms with E-state index in [1.54, 1.807) is 12.3 Å². The van der Waals surface area contributed by atoms with Crippen LogP contribution in [0.25, 0.3) is 0 Å². The van der Waals surface area contributed by atoms with Crippen LogP contribution in [0.1, 0.15) is 25.6 Å². The van der Waals surface area contributed by atoms with Crippen molar-refractivity contribution in [3.8, 4) is 0 Å². The van der Waals surface area contributed by atoms with Gasteiger partial charge in [-0.15, -0.1) is 11.3 Å². The summed E-state index contributed by atoms with van der Waals surface area (Å²) in [7, 11) is 0. The minimum Gasteiger partial charge on any atom is -0.477 e. The van der Waals surface area contributed by atoms with Crippen molar-refractivity contribution in [2.24, 2.45) is 0 Å². The van der Waals surface area contributed by atoms with Gasteiger partial charge in [0.05, 0.1) is 16.3 Å². The lowest BCUT2D eigenvalue weighted by atomic mass is 10.2. The van der Waals surface area contributed by atoms with Gasteiger partial charge in [0.1, 0.15) is 4.88 Å². The molecule has 8 heteroatoms. The maximum atomic E-state index is 13.2. The van der Waals surface area contributed by atoms with Gasteiger partial charge >= 0.3 is 5.97 Å². The van der Waals surface area contributed by atoms with E-state index in [0.29, 0.717) is 17.7 Å². The first-order valence-corrected chi connectivity index (χ1v) is 6.84. The summed E-state index contributed by atoms with van der Waals surface area (Å²) in [6.45, 7) is 1.62. The number of halogens is 3. The second-order valence-electron chi connectivity index (χ2n) is 4.13. The molecule has 2 aromatic rings. The normalized spacial score (nSPS) is 10.5. The summed E-state index contributed by atoms with van der Waals surface area (Å²) in [6.07, 6.45) is 0. The molecule has 1 heterocycles. The van der Waals surface area contributed by atoms with E-state index in [1.807, 2.05) is 0 Å². The van der Waals surface area contributed by atoms with Crippen molar-refractivity contribution < 1.29 is 23.5 Å². The van der Waals surface area contributed by atoms with Gasteiger partial charge in [0.2, 0.25) is 0 Å². The summed E-state index contributed by atoms with van der Waals surface area (Å²) < 4.78 is 26.1. The molecular weight excluding hydrogens is 324 g/mol. The molecule has 2 rings (SSSR count). The molecular formula is C13H8ClF2NO3S. The monoisotopic (exact) mass is 331 g/mol. The molecule has 0 atom stereocenters. The fourth-order valence-corrected chi connectivity index (χ4v) is 2.71. The van der Waals surface area contributed by atoms with Crippen molar-refractivity contribution in [1.29, 1.82) is 0 Å². The SMILES string of the molecule is Cc1csc(C(=O)O)c1NC(=O)c1cc(F)c(F)cc1Cl. The van der Waals surface area contributed by atoms with Crippen molar-refractivity contribution >= 4 is 40.5 Å². The molecule has 0 unspecified atom stereocenters. The highest BCUT2D eigenvalue weighted by Gasteiger charge is 2.20. The Hall–Kier alpha value is -1.99. The van der Waals surface area contributed by atoms with E-state index in [1.165, 1.54) is 0 Å². The van der Waals surface area contributed by atoms with Crippen LogP contribution >= 0.6 is 22.9 Å². The lowest BCUT2D eigenvalue weighted by Gasteiger charge is -2.08. The zero-order valence-electron chi connectivity index (χ0n) is 10.5. The number of carboxylic acids is 1. The lowest BCUT2D eigenvalue weighted by molar-refractivity contribution is 0.0703. The molecule has 0 bridgehead atoms. The van der Waals surface area contributed by atoms with E-state index in [-0.39, 0.29) is 21.2 Å². The number of carbonyl (C=O) groups is 2. The van der Waals surface area contributed by atoms with Crippen LogP contribution in [0.4, 0.5) is 14.5 Å². The number of aromatic carboxylic acids is 1. The van der Waals surface area contributed by atoms with E-state index in [0.717, 1.165) is 11.3 Å². The Morgan fingerprint density at radius 3 is 2.52 bits per heavy atom. The number of carbonyl (C=O) groups excluding carboxylic acids is 1. The van der Waals surface area contributed by atoms with E-state index >= 15 is 0 Å². The average Bonchev–Trinajstić information content (AvgIpc) is 2.75. The van der Waals surface area contributed by atoms with Crippen molar-refractivity contribution in [3.05, 3.63) is 50.2 Å². The lowest BCUT2D eigenvalue weighted by Crippen LogP contribution is -2.15. The number of benzene rings is 1. The number of thiophene rings is 1. The second-order valence-corrected chi connectivity index (χ2v) is 5.42. The molecule has 0 saturated heterocycles. The first-order valence-electron chi connectivity index (χ1n) is 5.58. The number of aryl methyl sites for hydroxylation is 1. The number of rotatable bonds is 3. The van der Waals surface area contributed by atoms with E-state index in [2.05, 4.69) is 5.32 Å². The summed E-state index contributed by atoms with van der Waals surface area (Å²) in [6, 6.07) is 1.35. The topological polar surface area (TPSA) is 66.4 Å². The average molecular weight is 332 g/mol. The van der Waals surface area contributed by atoms with E-state index in [9.17, 15) is 18.4 Å². The molecule has 0 aliphatic heterocycles. The number of hydrogen-bond donors (Lipinski definition) is 2. The quantitative estimate of drug-likeness (QED) is 0.837. The van der Waals surface area contributed by atoms with Crippen LogP contribution in [-0.4, -0.2) is 17.0 Å². The van der Waals surface area contributed by atoms with Gasteiger partial charge in [0.15, 0.2) is 11.6 Å². The van der Waals surface area contributed by atoms with Crippen LogP contribution < -0.4 is 5.32 Å². The molecule has 0 spiro atoms. The molecule has 1 aromatic carbocycles. The summed E-state index contributed by atoms with van der Waals surface area (Å²) in [4.78, 5) is 23.0. The Kier molecular flexibility index (Phi) is 4.24. The maximum absolute atomic E-state index is 13.2. The second kappa shape index (κ2) is 5.79. The third-order valence-electron chi connectivity index (χ3n) is 2.66. The van der Waals surface area contributed by atoms with Crippen LogP contribution in [0, 0.1) is 18.6 Å². The van der Waals surface area contributed by atoms with Gasteiger partial charge in [-0.25, -0.2) is 13.6 Å². The van der Waals surface area contributed by atoms with Gasteiger partial charge in [0, 0.05) is 0 Å². The molecule has 0 fully saturated rings. The van der Waals surface area contributed by atoms with Gasteiger partial charge in [0.25, 0.3) is 5.91 Å². The van der Waals surface area contributed by atoms with E-state index < -0.39 is 23.5 Å².